The molecule has 0 bridgehead atoms. The summed E-state index contributed by atoms with van der Waals surface area (Å²) in [6.45, 7) is 6.48. The quantitative estimate of drug-likeness (QED) is 0.612. The molecular weight excluding hydrogens is 328 g/mol. The van der Waals surface area contributed by atoms with Crippen molar-refractivity contribution in [2.45, 2.75) is 32.1 Å². The predicted molar refractivity (Wildman–Crippen MR) is 104 cm³/mol. The van der Waals surface area contributed by atoms with Crippen molar-refractivity contribution < 1.29 is 19.3 Å². The van der Waals surface area contributed by atoms with Gasteiger partial charge in [-0.2, -0.15) is 0 Å². The molecule has 0 atom stereocenters. The fraction of sp³-hybridized carbons (Fsp3) is 0.455. The van der Waals surface area contributed by atoms with Gasteiger partial charge in [-0.25, -0.2) is 0 Å². The summed E-state index contributed by atoms with van der Waals surface area (Å²) >= 11 is 0. The van der Waals surface area contributed by atoms with Crippen LogP contribution in [0.25, 0.3) is 0 Å². The first-order chi connectivity index (χ1) is 12.6. The molecule has 2 aromatic rings. The number of methoxy groups -OCH3 is 1. The van der Waals surface area contributed by atoms with E-state index in [0.717, 1.165) is 17.9 Å². The molecule has 142 valence electrons. The molecule has 0 saturated heterocycles. The van der Waals surface area contributed by atoms with Gasteiger partial charge < -0.3 is 19.3 Å². The molecule has 0 fully saturated rings. The van der Waals surface area contributed by atoms with Gasteiger partial charge in [0.05, 0.1) is 13.2 Å². The Morgan fingerprint density at radius 2 is 1.19 bits per heavy atom. The summed E-state index contributed by atoms with van der Waals surface area (Å²) in [4.78, 5) is 0. The van der Waals surface area contributed by atoms with Crippen LogP contribution in [0.15, 0.2) is 48.5 Å². The van der Waals surface area contributed by atoms with Gasteiger partial charge >= 0.3 is 0 Å². The molecule has 0 amide bonds. The summed E-state index contributed by atoms with van der Waals surface area (Å²) in [6.07, 6.45) is 1.53. The van der Waals surface area contributed by atoms with Crippen molar-refractivity contribution in [3.8, 4) is 11.5 Å². The highest BCUT2D eigenvalue weighted by Crippen LogP contribution is 2.33. The summed E-state index contributed by atoms with van der Waals surface area (Å²) < 4.78 is 16.4. The lowest BCUT2D eigenvalue weighted by Gasteiger charge is -2.26. The van der Waals surface area contributed by atoms with Crippen molar-refractivity contribution in [2.75, 3.05) is 33.5 Å². The minimum absolute atomic E-state index is 0.113. The number of ether oxygens (including phenoxy) is 3. The second-order valence-corrected chi connectivity index (χ2v) is 6.79. The number of hydrogen-bond donors (Lipinski definition) is 1. The van der Waals surface area contributed by atoms with Crippen LogP contribution in [-0.4, -0.2) is 38.6 Å². The maximum Gasteiger partial charge on any atom is 0.119 e. The topological polar surface area (TPSA) is 47.9 Å². The molecule has 4 nitrogen and oxygen atoms in total. The minimum Gasteiger partial charge on any atom is -0.494 e. The molecule has 0 spiro atoms. The van der Waals surface area contributed by atoms with E-state index < -0.39 is 0 Å². The van der Waals surface area contributed by atoms with Crippen molar-refractivity contribution in [3.63, 3.8) is 0 Å². The second-order valence-electron chi connectivity index (χ2n) is 6.79. The Morgan fingerprint density at radius 1 is 0.731 bits per heavy atom. The van der Waals surface area contributed by atoms with Gasteiger partial charge in [-0.1, -0.05) is 38.1 Å². The first-order valence-corrected chi connectivity index (χ1v) is 9.14. The predicted octanol–water partition coefficient (Wildman–Crippen LogP) is 4.19. The van der Waals surface area contributed by atoms with E-state index in [9.17, 15) is 0 Å². The van der Waals surface area contributed by atoms with Crippen molar-refractivity contribution in [1.82, 2.24) is 0 Å². The van der Waals surface area contributed by atoms with Crippen molar-refractivity contribution >= 4 is 0 Å². The lowest BCUT2D eigenvalue weighted by atomic mass is 9.78. The summed E-state index contributed by atoms with van der Waals surface area (Å²) in [7, 11) is 1.70. The molecule has 0 aromatic heterocycles. The van der Waals surface area contributed by atoms with Crippen LogP contribution in [0.2, 0.25) is 0 Å². The molecule has 0 aliphatic rings. The Kier molecular flexibility index (Phi) is 7.95. The molecule has 0 radical (unpaired) electrons. The molecular formula is C22H30O4. The molecule has 26 heavy (non-hydrogen) atoms. The molecule has 1 N–H and O–H groups in total. The zero-order valence-electron chi connectivity index (χ0n) is 16.0. The fourth-order valence-corrected chi connectivity index (χ4v) is 2.75. The molecule has 4 heteroatoms. The Hall–Kier alpha value is -2.04. The average molecular weight is 358 g/mol. The van der Waals surface area contributed by atoms with Crippen LogP contribution in [-0.2, 0) is 10.2 Å². The lowest BCUT2D eigenvalue weighted by molar-refractivity contribution is 0.172. The third kappa shape index (κ3) is 5.75. The number of hydrogen-bond acceptors (Lipinski definition) is 4. The van der Waals surface area contributed by atoms with E-state index in [1.54, 1.807) is 7.11 Å². The van der Waals surface area contributed by atoms with Gasteiger partial charge in [0.25, 0.3) is 0 Å². The van der Waals surface area contributed by atoms with Crippen LogP contribution in [0.3, 0.4) is 0 Å². The highest BCUT2D eigenvalue weighted by atomic mass is 16.5. The summed E-state index contributed by atoms with van der Waals surface area (Å²) in [6, 6.07) is 16.5. The largest absolute Gasteiger partial charge is 0.494 e. The van der Waals surface area contributed by atoms with Gasteiger partial charge in [-0.15, -0.1) is 0 Å². The molecule has 0 aliphatic carbocycles. The van der Waals surface area contributed by atoms with Crippen molar-refractivity contribution in [3.05, 3.63) is 59.7 Å². The highest BCUT2D eigenvalue weighted by Gasteiger charge is 2.23. The zero-order valence-corrected chi connectivity index (χ0v) is 16.0. The Balaban J connectivity index is 1.99. The first-order valence-electron chi connectivity index (χ1n) is 9.14. The third-order valence-electron chi connectivity index (χ3n) is 4.48. The normalized spacial score (nSPS) is 11.4. The molecule has 2 aromatic carbocycles. The number of rotatable bonds is 11. The molecule has 0 unspecified atom stereocenters. The van der Waals surface area contributed by atoms with Crippen LogP contribution in [0.5, 0.6) is 11.5 Å². The SMILES string of the molecule is COCCCOc1ccc(C(C)(C)c2ccc(OCCCO)cc2)cc1. The standard InChI is InChI=1S/C22H30O4/c1-22(2,18-6-10-20(11-7-18)25-16-4-14-23)19-8-12-21(13-9-19)26-17-5-15-24-3/h6-13,23H,4-5,14-17H2,1-3H3. The highest BCUT2D eigenvalue weighted by molar-refractivity contribution is 5.41. The third-order valence-corrected chi connectivity index (χ3v) is 4.48. The van der Waals surface area contributed by atoms with Crippen LogP contribution in [0.1, 0.15) is 37.8 Å². The lowest BCUT2D eigenvalue weighted by Crippen LogP contribution is -2.18. The number of benzene rings is 2. The van der Waals surface area contributed by atoms with Crippen LogP contribution in [0, 0.1) is 0 Å². The van der Waals surface area contributed by atoms with Gasteiger partial charge in [-0.3, -0.25) is 0 Å². The van der Waals surface area contributed by atoms with Crippen LogP contribution < -0.4 is 9.47 Å². The van der Waals surface area contributed by atoms with Gasteiger partial charge in [0.1, 0.15) is 11.5 Å². The molecule has 0 aliphatic heterocycles. The Morgan fingerprint density at radius 3 is 1.62 bits per heavy atom. The van der Waals surface area contributed by atoms with E-state index in [1.807, 2.05) is 24.3 Å². The maximum absolute atomic E-state index is 8.82. The zero-order chi connectivity index (χ0) is 18.8. The summed E-state index contributed by atoms with van der Waals surface area (Å²) in [5.41, 5.74) is 2.34. The monoisotopic (exact) mass is 358 g/mol. The summed E-state index contributed by atoms with van der Waals surface area (Å²) in [5.74, 6) is 1.71. The van der Waals surface area contributed by atoms with Crippen LogP contribution >= 0.6 is 0 Å². The fourth-order valence-electron chi connectivity index (χ4n) is 2.75. The second kappa shape index (κ2) is 10.2. The van der Waals surface area contributed by atoms with E-state index in [0.29, 0.717) is 26.2 Å². The van der Waals surface area contributed by atoms with E-state index >= 15 is 0 Å². The maximum atomic E-state index is 8.82. The van der Waals surface area contributed by atoms with Crippen molar-refractivity contribution in [1.29, 1.82) is 0 Å². The minimum atomic E-state index is -0.113. The van der Waals surface area contributed by atoms with Gasteiger partial charge in [0.15, 0.2) is 0 Å². The smallest absolute Gasteiger partial charge is 0.119 e. The Bertz CT molecular complexity index is 632. The Labute approximate surface area is 156 Å². The molecule has 0 saturated carbocycles. The number of aliphatic hydroxyl groups is 1. The molecule has 2 rings (SSSR count). The average Bonchev–Trinajstić information content (AvgIpc) is 2.66. The van der Waals surface area contributed by atoms with Gasteiger partial charge in [0.2, 0.25) is 0 Å². The van der Waals surface area contributed by atoms with E-state index in [1.165, 1.54) is 11.1 Å². The van der Waals surface area contributed by atoms with Crippen LogP contribution in [0.4, 0.5) is 0 Å². The summed E-state index contributed by atoms with van der Waals surface area (Å²) in [5, 5.41) is 8.82. The molecule has 0 heterocycles. The van der Waals surface area contributed by atoms with E-state index in [-0.39, 0.29) is 12.0 Å². The number of aliphatic hydroxyl groups excluding tert-OH is 1. The van der Waals surface area contributed by atoms with Crippen molar-refractivity contribution in [2.24, 2.45) is 0 Å². The first kappa shape index (κ1) is 20.3. The van der Waals surface area contributed by atoms with Gasteiger partial charge in [0, 0.05) is 38.6 Å². The van der Waals surface area contributed by atoms with Gasteiger partial charge in [-0.05, 0) is 35.4 Å². The van der Waals surface area contributed by atoms with E-state index in [4.69, 9.17) is 19.3 Å². The van der Waals surface area contributed by atoms with E-state index in [2.05, 4.69) is 38.1 Å².